The first-order valence-electron chi connectivity index (χ1n) is 12.7. The van der Waals surface area contributed by atoms with Gasteiger partial charge >= 0.3 is 0 Å². The van der Waals surface area contributed by atoms with Crippen molar-refractivity contribution >= 4 is 21.6 Å². The maximum absolute atomic E-state index is 13.7. The summed E-state index contributed by atoms with van der Waals surface area (Å²) in [6.07, 6.45) is 0. The van der Waals surface area contributed by atoms with Crippen LogP contribution in [0, 0.1) is 6.92 Å². The van der Waals surface area contributed by atoms with Crippen LogP contribution in [0.2, 0.25) is 0 Å². The molecule has 39 heavy (non-hydrogen) atoms. The van der Waals surface area contributed by atoms with Crippen LogP contribution in [0.1, 0.15) is 23.6 Å². The van der Waals surface area contributed by atoms with E-state index >= 15 is 0 Å². The van der Waals surface area contributed by atoms with E-state index < -0.39 is 15.9 Å². The summed E-state index contributed by atoms with van der Waals surface area (Å²) >= 11 is 0. The molecular formula is C31H32N2O5S. The first-order valence-corrected chi connectivity index (χ1v) is 14.1. The number of nitrogens with zero attached hydrogens (tertiary/aromatic N) is 1. The molecule has 4 aromatic rings. The second kappa shape index (κ2) is 13.1. The minimum atomic E-state index is -3.98. The molecule has 0 fully saturated rings. The number of benzene rings is 4. The van der Waals surface area contributed by atoms with Crippen LogP contribution in [-0.2, 0) is 28.0 Å². The molecule has 7 nitrogen and oxygen atoms in total. The van der Waals surface area contributed by atoms with Crippen molar-refractivity contribution in [1.29, 1.82) is 0 Å². The Hall–Kier alpha value is -4.14. The highest BCUT2D eigenvalue weighted by Gasteiger charge is 2.27. The van der Waals surface area contributed by atoms with Crippen molar-refractivity contribution in [2.45, 2.75) is 31.9 Å². The summed E-state index contributed by atoms with van der Waals surface area (Å²) in [5, 5.41) is 2.80. The lowest BCUT2D eigenvalue weighted by Gasteiger charge is -2.22. The summed E-state index contributed by atoms with van der Waals surface area (Å²) in [5.41, 5.74) is 3.08. The zero-order chi connectivity index (χ0) is 27.7. The molecule has 0 atom stereocenters. The van der Waals surface area contributed by atoms with E-state index in [0.29, 0.717) is 36.0 Å². The van der Waals surface area contributed by atoms with Gasteiger partial charge in [0.2, 0.25) is 15.9 Å². The highest BCUT2D eigenvalue weighted by atomic mass is 32.2. The average molecular weight is 545 g/mol. The van der Waals surface area contributed by atoms with Gasteiger partial charge in [0.05, 0.1) is 18.0 Å². The summed E-state index contributed by atoms with van der Waals surface area (Å²) in [4.78, 5) is 13.1. The summed E-state index contributed by atoms with van der Waals surface area (Å²) in [5.74, 6) is 0.839. The van der Waals surface area contributed by atoms with Gasteiger partial charge in [0.15, 0.2) is 0 Å². The van der Waals surface area contributed by atoms with Crippen molar-refractivity contribution in [2.75, 3.05) is 18.5 Å². The smallest absolute Gasteiger partial charge is 0.243 e. The molecule has 0 heterocycles. The Labute approximate surface area is 230 Å². The number of carbonyl (C=O) groups is 1. The monoisotopic (exact) mass is 544 g/mol. The Bertz CT molecular complexity index is 1470. The molecule has 202 valence electrons. The molecule has 0 aliphatic carbocycles. The van der Waals surface area contributed by atoms with Crippen LogP contribution in [0.3, 0.4) is 0 Å². The number of hydrogen-bond acceptors (Lipinski definition) is 5. The Balaban J connectivity index is 1.47. The molecule has 0 saturated carbocycles. The fraction of sp³-hybridized carbons (Fsp3) is 0.194. The largest absolute Gasteiger partial charge is 0.494 e. The van der Waals surface area contributed by atoms with Gasteiger partial charge in [0.1, 0.15) is 18.1 Å². The van der Waals surface area contributed by atoms with E-state index in [0.717, 1.165) is 11.1 Å². The normalized spacial score (nSPS) is 11.3. The van der Waals surface area contributed by atoms with E-state index in [1.54, 1.807) is 43.3 Å². The Morgan fingerprint density at radius 2 is 1.46 bits per heavy atom. The Kier molecular flexibility index (Phi) is 9.35. The number of carbonyl (C=O) groups excluding carboxylic acids is 1. The lowest BCUT2D eigenvalue weighted by atomic mass is 10.2. The standard InChI is InChI=1S/C31H32N2O5S/c1-3-37-30-19-18-29(20-24(30)2)39(35,36)33(21-25-10-6-4-7-11-25)22-31(34)32-27-14-16-28(17-15-27)38-23-26-12-8-5-9-13-26/h4-20H,3,21-23H2,1-2H3,(H,32,34). The molecule has 0 aromatic heterocycles. The first kappa shape index (κ1) is 27.9. The van der Waals surface area contributed by atoms with Gasteiger partial charge in [-0.05, 0) is 73.0 Å². The number of rotatable bonds is 12. The van der Waals surface area contributed by atoms with Crippen LogP contribution in [-0.4, -0.2) is 31.8 Å². The number of amides is 1. The molecular weight excluding hydrogens is 512 g/mol. The molecule has 4 aromatic carbocycles. The van der Waals surface area contributed by atoms with E-state index in [4.69, 9.17) is 9.47 Å². The van der Waals surface area contributed by atoms with Gasteiger partial charge in [0, 0.05) is 12.2 Å². The van der Waals surface area contributed by atoms with Crippen LogP contribution < -0.4 is 14.8 Å². The minimum Gasteiger partial charge on any atom is -0.494 e. The van der Waals surface area contributed by atoms with Crippen molar-refractivity contribution < 1.29 is 22.7 Å². The zero-order valence-corrected chi connectivity index (χ0v) is 22.9. The third-order valence-electron chi connectivity index (χ3n) is 5.99. The SMILES string of the molecule is CCOc1ccc(S(=O)(=O)N(CC(=O)Nc2ccc(OCc3ccccc3)cc2)Cc2ccccc2)cc1C. The quantitative estimate of drug-likeness (QED) is 0.244. The van der Waals surface area contributed by atoms with Crippen molar-refractivity contribution in [1.82, 2.24) is 4.31 Å². The molecule has 0 aliphatic rings. The van der Waals surface area contributed by atoms with Gasteiger partial charge in [-0.25, -0.2) is 8.42 Å². The summed E-state index contributed by atoms with van der Waals surface area (Å²) in [7, 11) is -3.98. The van der Waals surface area contributed by atoms with Gasteiger partial charge < -0.3 is 14.8 Å². The average Bonchev–Trinajstić information content (AvgIpc) is 2.94. The topological polar surface area (TPSA) is 84.9 Å². The molecule has 4 rings (SSSR count). The molecule has 0 unspecified atom stereocenters. The lowest BCUT2D eigenvalue weighted by Crippen LogP contribution is -2.37. The molecule has 8 heteroatoms. The van der Waals surface area contributed by atoms with Gasteiger partial charge in [-0.1, -0.05) is 60.7 Å². The number of hydrogen-bond donors (Lipinski definition) is 1. The second-order valence-electron chi connectivity index (χ2n) is 8.97. The third kappa shape index (κ3) is 7.69. The predicted molar refractivity (Wildman–Crippen MR) is 152 cm³/mol. The zero-order valence-electron chi connectivity index (χ0n) is 22.0. The van der Waals surface area contributed by atoms with E-state index in [1.165, 1.54) is 10.4 Å². The van der Waals surface area contributed by atoms with Crippen LogP contribution in [0.4, 0.5) is 5.69 Å². The highest BCUT2D eigenvalue weighted by Crippen LogP contribution is 2.25. The van der Waals surface area contributed by atoms with Crippen molar-refractivity contribution in [3.63, 3.8) is 0 Å². The van der Waals surface area contributed by atoms with Crippen LogP contribution >= 0.6 is 0 Å². The molecule has 1 N–H and O–H groups in total. The number of aryl methyl sites for hydroxylation is 1. The van der Waals surface area contributed by atoms with Gasteiger partial charge in [-0.2, -0.15) is 4.31 Å². The second-order valence-corrected chi connectivity index (χ2v) is 10.9. The highest BCUT2D eigenvalue weighted by molar-refractivity contribution is 7.89. The lowest BCUT2D eigenvalue weighted by molar-refractivity contribution is -0.116. The Morgan fingerprint density at radius 1 is 0.821 bits per heavy atom. The van der Waals surface area contributed by atoms with Gasteiger partial charge in [-0.15, -0.1) is 0 Å². The molecule has 0 saturated heterocycles. The van der Waals surface area contributed by atoms with Gasteiger partial charge in [0.25, 0.3) is 0 Å². The Morgan fingerprint density at radius 3 is 2.08 bits per heavy atom. The summed E-state index contributed by atoms with van der Waals surface area (Å²) in [6.45, 7) is 4.28. The first-order chi connectivity index (χ1) is 18.8. The van der Waals surface area contributed by atoms with Crippen LogP contribution in [0.15, 0.2) is 108 Å². The van der Waals surface area contributed by atoms with Gasteiger partial charge in [-0.3, -0.25) is 4.79 Å². The number of anilines is 1. The van der Waals surface area contributed by atoms with Crippen molar-refractivity contribution in [2.24, 2.45) is 0 Å². The maximum Gasteiger partial charge on any atom is 0.243 e. The number of sulfonamides is 1. The van der Waals surface area contributed by atoms with Crippen molar-refractivity contribution in [3.8, 4) is 11.5 Å². The van der Waals surface area contributed by atoms with E-state index in [1.807, 2.05) is 67.6 Å². The molecule has 0 radical (unpaired) electrons. The number of nitrogens with one attached hydrogen (secondary N) is 1. The summed E-state index contributed by atoms with van der Waals surface area (Å²) < 4.78 is 39.9. The molecule has 0 spiro atoms. The summed E-state index contributed by atoms with van der Waals surface area (Å²) in [6, 6.07) is 30.7. The maximum atomic E-state index is 13.7. The number of ether oxygens (including phenoxy) is 2. The predicted octanol–water partition coefficient (Wildman–Crippen LogP) is 5.80. The van der Waals surface area contributed by atoms with E-state index in [9.17, 15) is 13.2 Å². The minimum absolute atomic E-state index is 0.0507. The molecule has 1 amide bonds. The van der Waals surface area contributed by atoms with Crippen LogP contribution in [0.5, 0.6) is 11.5 Å². The molecule has 0 aliphatic heterocycles. The van der Waals surface area contributed by atoms with Crippen LogP contribution in [0.25, 0.3) is 0 Å². The third-order valence-corrected chi connectivity index (χ3v) is 7.78. The van der Waals surface area contributed by atoms with E-state index in [2.05, 4.69) is 5.32 Å². The van der Waals surface area contributed by atoms with Crippen molar-refractivity contribution in [3.05, 3.63) is 120 Å². The fourth-order valence-corrected chi connectivity index (χ4v) is 5.47. The van der Waals surface area contributed by atoms with E-state index in [-0.39, 0.29) is 18.0 Å². The molecule has 0 bridgehead atoms. The fourth-order valence-electron chi connectivity index (χ4n) is 4.00.